The minimum absolute atomic E-state index is 0.0879. The van der Waals surface area contributed by atoms with Gasteiger partial charge in [0.2, 0.25) is 0 Å². The maximum absolute atomic E-state index is 11.5. The van der Waals surface area contributed by atoms with Gasteiger partial charge in [0.05, 0.1) is 17.4 Å². The van der Waals surface area contributed by atoms with E-state index in [-0.39, 0.29) is 12.2 Å². The Hall–Kier alpha value is -1.07. The first-order chi connectivity index (χ1) is 6.49. The van der Waals surface area contributed by atoms with E-state index in [9.17, 15) is 8.42 Å². The fourth-order valence-corrected chi connectivity index (χ4v) is 3.26. The molecule has 5 heteroatoms. The number of hydrogen-bond donors (Lipinski definition) is 0. The second-order valence-corrected chi connectivity index (χ2v) is 6.19. The van der Waals surface area contributed by atoms with Crippen molar-refractivity contribution in [1.82, 2.24) is 0 Å². The number of nitriles is 2. The van der Waals surface area contributed by atoms with Crippen molar-refractivity contribution in [3.8, 4) is 12.1 Å². The standard InChI is InChI=1S/C9H12N2O2S/c1-2-14(12,13)8-3-4-9(5-8,6-10)7-11/h8H,2-5H2,1H3/t8-/m1/s1. The highest BCUT2D eigenvalue weighted by Gasteiger charge is 2.44. The average molecular weight is 212 g/mol. The van der Waals surface area contributed by atoms with Gasteiger partial charge in [0, 0.05) is 5.75 Å². The minimum Gasteiger partial charge on any atom is -0.229 e. The summed E-state index contributed by atoms with van der Waals surface area (Å²) in [5.41, 5.74) is -1.06. The van der Waals surface area contributed by atoms with E-state index >= 15 is 0 Å². The van der Waals surface area contributed by atoms with Crippen LogP contribution in [0.1, 0.15) is 26.2 Å². The zero-order valence-corrected chi connectivity index (χ0v) is 8.84. The van der Waals surface area contributed by atoms with Crippen molar-refractivity contribution in [3.05, 3.63) is 0 Å². The molecule has 76 valence electrons. The topological polar surface area (TPSA) is 81.7 Å². The summed E-state index contributed by atoms with van der Waals surface area (Å²) in [7, 11) is -3.09. The summed E-state index contributed by atoms with van der Waals surface area (Å²) < 4.78 is 23.0. The zero-order chi connectivity index (χ0) is 10.8. The Balaban J connectivity index is 2.88. The monoisotopic (exact) mass is 212 g/mol. The number of hydrogen-bond acceptors (Lipinski definition) is 4. The highest BCUT2D eigenvalue weighted by molar-refractivity contribution is 7.92. The molecular formula is C9H12N2O2S. The molecule has 1 aliphatic carbocycles. The van der Waals surface area contributed by atoms with Crippen LogP contribution in [0.4, 0.5) is 0 Å². The van der Waals surface area contributed by atoms with E-state index in [1.165, 1.54) is 0 Å². The molecule has 4 nitrogen and oxygen atoms in total. The Morgan fingerprint density at radius 2 is 2.00 bits per heavy atom. The van der Waals surface area contributed by atoms with E-state index in [1.807, 2.05) is 12.1 Å². The third-order valence-corrected chi connectivity index (χ3v) is 5.03. The second-order valence-electron chi connectivity index (χ2n) is 3.62. The van der Waals surface area contributed by atoms with Gasteiger partial charge in [-0.3, -0.25) is 0 Å². The van der Waals surface area contributed by atoms with Gasteiger partial charge in [-0.05, 0) is 19.3 Å². The van der Waals surface area contributed by atoms with Crippen LogP contribution in [-0.2, 0) is 9.84 Å². The van der Waals surface area contributed by atoms with Crippen LogP contribution in [0.3, 0.4) is 0 Å². The molecule has 0 aromatic heterocycles. The fraction of sp³-hybridized carbons (Fsp3) is 0.778. The van der Waals surface area contributed by atoms with Gasteiger partial charge in [0.15, 0.2) is 9.84 Å². The molecule has 1 atom stereocenters. The zero-order valence-electron chi connectivity index (χ0n) is 8.02. The summed E-state index contributed by atoms with van der Waals surface area (Å²) in [6, 6.07) is 3.86. The van der Waals surface area contributed by atoms with Crippen molar-refractivity contribution in [1.29, 1.82) is 10.5 Å². The summed E-state index contributed by atoms with van der Waals surface area (Å²) >= 11 is 0. The van der Waals surface area contributed by atoms with Crippen LogP contribution < -0.4 is 0 Å². The fourth-order valence-electron chi connectivity index (χ4n) is 1.77. The molecule has 0 radical (unpaired) electrons. The Labute approximate surface area is 84.1 Å². The molecule has 0 unspecified atom stereocenters. The Morgan fingerprint density at radius 3 is 2.36 bits per heavy atom. The molecule has 0 heterocycles. The molecule has 0 amide bonds. The van der Waals surface area contributed by atoms with Crippen LogP contribution in [0.5, 0.6) is 0 Å². The number of rotatable bonds is 2. The van der Waals surface area contributed by atoms with E-state index in [1.54, 1.807) is 6.92 Å². The van der Waals surface area contributed by atoms with Crippen LogP contribution in [0.25, 0.3) is 0 Å². The Kier molecular flexibility index (Phi) is 2.82. The Morgan fingerprint density at radius 1 is 1.43 bits per heavy atom. The lowest BCUT2D eigenvalue weighted by Gasteiger charge is -2.11. The van der Waals surface area contributed by atoms with Crippen LogP contribution in [0.2, 0.25) is 0 Å². The van der Waals surface area contributed by atoms with Crippen molar-refractivity contribution in [2.45, 2.75) is 31.4 Å². The highest BCUT2D eigenvalue weighted by atomic mass is 32.2. The summed E-state index contributed by atoms with van der Waals surface area (Å²) in [5.74, 6) is 0.0879. The third-order valence-electron chi connectivity index (χ3n) is 2.81. The molecule has 0 aromatic carbocycles. The largest absolute Gasteiger partial charge is 0.229 e. The molecule has 1 fully saturated rings. The SMILES string of the molecule is CCS(=O)(=O)[C@@H]1CCC(C#N)(C#N)C1. The first-order valence-electron chi connectivity index (χ1n) is 4.54. The van der Waals surface area contributed by atoms with E-state index in [2.05, 4.69) is 0 Å². The third kappa shape index (κ3) is 1.73. The first kappa shape index (κ1) is 11.0. The molecule has 0 aromatic rings. The lowest BCUT2D eigenvalue weighted by molar-refractivity contribution is 0.538. The second kappa shape index (κ2) is 3.59. The lowest BCUT2D eigenvalue weighted by Crippen LogP contribution is -2.22. The average Bonchev–Trinajstić information content (AvgIpc) is 2.63. The van der Waals surface area contributed by atoms with Gasteiger partial charge in [-0.15, -0.1) is 0 Å². The molecule has 0 bridgehead atoms. The minimum atomic E-state index is -3.09. The summed E-state index contributed by atoms with van der Waals surface area (Å²) in [6.07, 6.45) is 0.997. The van der Waals surface area contributed by atoms with Gasteiger partial charge < -0.3 is 0 Å². The molecule has 0 spiro atoms. The maximum atomic E-state index is 11.5. The van der Waals surface area contributed by atoms with E-state index in [0.717, 1.165) is 0 Å². The molecule has 0 aliphatic heterocycles. The molecule has 1 saturated carbocycles. The van der Waals surface area contributed by atoms with Crippen LogP contribution in [0, 0.1) is 28.1 Å². The van der Waals surface area contributed by atoms with Gasteiger partial charge in [0.1, 0.15) is 5.41 Å². The van der Waals surface area contributed by atoms with Crippen LogP contribution in [-0.4, -0.2) is 19.4 Å². The molecule has 14 heavy (non-hydrogen) atoms. The van der Waals surface area contributed by atoms with Gasteiger partial charge in [-0.25, -0.2) is 8.42 Å². The van der Waals surface area contributed by atoms with E-state index in [4.69, 9.17) is 10.5 Å². The van der Waals surface area contributed by atoms with Crippen molar-refractivity contribution in [3.63, 3.8) is 0 Å². The van der Waals surface area contributed by atoms with Crippen molar-refractivity contribution in [2.24, 2.45) is 5.41 Å². The normalized spacial score (nSPS) is 25.2. The number of nitrogens with zero attached hydrogens (tertiary/aromatic N) is 2. The molecule has 1 aliphatic rings. The molecule has 1 rings (SSSR count). The van der Waals surface area contributed by atoms with Gasteiger partial charge in [-0.2, -0.15) is 10.5 Å². The smallest absolute Gasteiger partial charge is 0.152 e. The Bertz CT molecular complexity index is 386. The van der Waals surface area contributed by atoms with Gasteiger partial charge in [-0.1, -0.05) is 6.92 Å². The summed E-state index contributed by atoms with van der Waals surface area (Å²) in [5, 5.41) is 17.1. The predicted molar refractivity (Wildman–Crippen MR) is 50.8 cm³/mol. The van der Waals surface area contributed by atoms with Crippen molar-refractivity contribution < 1.29 is 8.42 Å². The summed E-state index contributed by atoms with van der Waals surface area (Å²) in [6.45, 7) is 1.59. The molecule has 0 saturated heterocycles. The van der Waals surface area contributed by atoms with Gasteiger partial charge in [0.25, 0.3) is 0 Å². The highest BCUT2D eigenvalue weighted by Crippen LogP contribution is 2.40. The van der Waals surface area contributed by atoms with Gasteiger partial charge >= 0.3 is 0 Å². The van der Waals surface area contributed by atoms with E-state index < -0.39 is 20.5 Å². The number of sulfone groups is 1. The molecular weight excluding hydrogens is 200 g/mol. The van der Waals surface area contributed by atoms with Crippen molar-refractivity contribution in [2.75, 3.05) is 5.75 Å². The quantitative estimate of drug-likeness (QED) is 0.684. The predicted octanol–water partition coefficient (Wildman–Crippen LogP) is 1.01. The van der Waals surface area contributed by atoms with Crippen LogP contribution in [0.15, 0.2) is 0 Å². The van der Waals surface area contributed by atoms with Crippen LogP contribution >= 0.6 is 0 Å². The van der Waals surface area contributed by atoms with Crippen molar-refractivity contribution >= 4 is 9.84 Å². The molecule has 0 N–H and O–H groups in total. The first-order valence-corrected chi connectivity index (χ1v) is 6.25. The summed E-state index contributed by atoms with van der Waals surface area (Å²) in [4.78, 5) is 0. The lowest BCUT2D eigenvalue weighted by atomic mass is 9.90. The van der Waals surface area contributed by atoms with E-state index in [0.29, 0.717) is 12.8 Å². The maximum Gasteiger partial charge on any atom is 0.152 e.